The molecule has 8 nitrogen and oxygen atoms in total. The van der Waals surface area contributed by atoms with Crippen molar-refractivity contribution in [3.63, 3.8) is 0 Å². The third kappa shape index (κ3) is 3.85. The minimum Gasteiger partial charge on any atom is -0.378 e. The first-order valence-corrected chi connectivity index (χ1v) is 9.65. The zero-order chi connectivity index (χ0) is 18.5. The molecule has 2 aromatic heterocycles. The molecule has 0 unspecified atom stereocenters. The lowest BCUT2D eigenvalue weighted by molar-refractivity contribution is 0.121. The molecule has 0 aromatic carbocycles. The van der Waals surface area contributed by atoms with E-state index in [4.69, 9.17) is 4.74 Å². The predicted molar refractivity (Wildman–Crippen MR) is 102 cm³/mol. The second-order valence-corrected chi connectivity index (χ2v) is 6.92. The Hall–Kier alpha value is -2.09. The molecule has 0 saturated carbocycles. The van der Waals surface area contributed by atoms with Gasteiger partial charge in [-0.1, -0.05) is 39.0 Å². The molecular weight excluding hydrogens is 334 g/mol. The van der Waals surface area contributed by atoms with Crippen molar-refractivity contribution in [2.45, 2.75) is 52.0 Å². The van der Waals surface area contributed by atoms with Crippen LogP contribution in [0.2, 0.25) is 0 Å². The fraction of sp³-hybridized carbons (Fsp3) is 0.722. The van der Waals surface area contributed by atoms with Gasteiger partial charge in [0.2, 0.25) is 5.95 Å². The van der Waals surface area contributed by atoms with Crippen LogP contribution in [-0.4, -0.2) is 45.4 Å². The number of unbranched alkanes of at least 4 members (excludes halogenated alkanes) is 5. The van der Waals surface area contributed by atoms with Crippen LogP contribution in [0.25, 0.3) is 11.2 Å². The Morgan fingerprint density at radius 3 is 2.50 bits per heavy atom. The summed E-state index contributed by atoms with van der Waals surface area (Å²) in [6.45, 7) is 5.72. The highest BCUT2D eigenvalue weighted by Gasteiger charge is 2.22. The summed E-state index contributed by atoms with van der Waals surface area (Å²) < 4.78 is 8.84. The second kappa shape index (κ2) is 8.53. The fourth-order valence-corrected chi connectivity index (χ4v) is 3.49. The zero-order valence-corrected chi connectivity index (χ0v) is 15.8. The molecule has 2 aromatic rings. The fourth-order valence-electron chi connectivity index (χ4n) is 3.49. The van der Waals surface area contributed by atoms with E-state index in [1.54, 1.807) is 7.05 Å². The topological polar surface area (TPSA) is 85.2 Å². The van der Waals surface area contributed by atoms with Gasteiger partial charge in [0.05, 0.1) is 13.2 Å². The molecule has 1 aliphatic heterocycles. The van der Waals surface area contributed by atoms with Crippen molar-refractivity contribution >= 4 is 17.1 Å². The average Bonchev–Trinajstić information content (AvgIpc) is 3.03. The molecule has 0 amide bonds. The van der Waals surface area contributed by atoms with Gasteiger partial charge >= 0.3 is 5.69 Å². The SMILES string of the molecule is CCCCCCCCn1c(N2CCOCC2)nc2c1c(=O)[nH]c(=O)n2C. The van der Waals surface area contributed by atoms with Gasteiger partial charge in [0.15, 0.2) is 11.2 Å². The highest BCUT2D eigenvalue weighted by molar-refractivity contribution is 5.74. The van der Waals surface area contributed by atoms with E-state index in [0.29, 0.717) is 24.4 Å². The monoisotopic (exact) mass is 363 g/mol. The van der Waals surface area contributed by atoms with Crippen LogP contribution in [0, 0.1) is 0 Å². The van der Waals surface area contributed by atoms with Gasteiger partial charge in [-0.25, -0.2) is 4.79 Å². The Kier molecular flexibility index (Phi) is 6.13. The first-order chi connectivity index (χ1) is 12.6. The van der Waals surface area contributed by atoms with Gasteiger partial charge in [0.1, 0.15) is 0 Å². The van der Waals surface area contributed by atoms with Crippen molar-refractivity contribution in [2.24, 2.45) is 7.05 Å². The van der Waals surface area contributed by atoms with Crippen LogP contribution >= 0.6 is 0 Å². The molecule has 3 heterocycles. The number of aromatic nitrogens is 4. The molecule has 8 heteroatoms. The maximum Gasteiger partial charge on any atom is 0.329 e. The molecule has 0 spiro atoms. The van der Waals surface area contributed by atoms with Gasteiger partial charge in [-0.15, -0.1) is 0 Å². The van der Waals surface area contributed by atoms with Crippen LogP contribution in [0.5, 0.6) is 0 Å². The molecule has 3 rings (SSSR count). The number of nitrogens with one attached hydrogen (secondary N) is 1. The summed E-state index contributed by atoms with van der Waals surface area (Å²) in [5, 5.41) is 0. The lowest BCUT2D eigenvalue weighted by Crippen LogP contribution is -2.38. The molecule has 144 valence electrons. The number of hydrogen-bond acceptors (Lipinski definition) is 5. The number of ether oxygens (including phenoxy) is 1. The van der Waals surface area contributed by atoms with E-state index < -0.39 is 5.69 Å². The van der Waals surface area contributed by atoms with E-state index in [-0.39, 0.29) is 5.56 Å². The first kappa shape index (κ1) is 18.7. The Labute approximate surface area is 152 Å². The number of rotatable bonds is 8. The van der Waals surface area contributed by atoms with Crippen molar-refractivity contribution in [3.05, 3.63) is 20.8 Å². The van der Waals surface area contributed by atoms with Gasteiger partial charge in [-0.3, -0.25) is 14.3 Å². The molecule has 0 atom stereocenters. The van der Waals surface area contributed by atoms with Crippen LogP contribution in [0.4, 0.5) is 5.95 Å². The minimum atomic E-state index is -0.430. The standard InChI is InChI=1S/C18H29N5O3/c1-3-4-5-6-7-8-9-23-14-15(21(2)18(25)20-16(14)24)19-17(23)22-10-12-26-13-11-22/h3-13H2,1-2H3,(H,20,24,25). The molecule has 0 radical (unpaired) electrons. The molecule has 1 fully saturated rings. The third-order valence-corrected chi connectivity index (χ3v) is 5.02. The molecule has 1 N–H and O–H groups in total. The molecule has 0 aliphatic carbocycles. The Bertz CT molecular complexity index is 845. The number of hydrogen-bond donors (Lipinski definition) is 1. The second-order valence-electron chi connectivity index (χ2n) is 6.92. The van der Waals surface area contributed by atoms with E-state index in [1.165, 1.54) is 30.3 Å². The summed E-state index contributed by atoms with van der Waals surface area (Å²) in [5.74, 6) is 0.767. The van der Waals surface area contributed by atoms with Crippen molar-refractivity contribution in [1.29, 1.82) is 0 Å². The van der Waals surface area contributed by atoms with Gasteiger partial charge < -0.3 is 14.2 Å². The number of nitrogens with zero attached hydrogens (tertiary/aromatic N) is 4. The molecule has 26 heavy (non-hydrogen) atoms. The molecule has 0 bridgehead atoms. The van der Waals surface area contributed by atoms with Gasteiger partial charge in [0, 0.05) is 26.7 Å². The average molecular weight is 363 g/mol. The largest absolute Gasteiger partial charge is 0.378 e. The lowest BCUT2D eigenvalue weighted by atomic mass is 10.1. The normalized spacial score (nSPS) is 15.1. The van der Waals surface area contributed by atoms with Gasteiger partial charge in [0.25, 0.3) is 5.56 Å². The van der Waals surface area contributed by atoms with Gasteiger partial charge in [-0.05, 0) is 6.42 Å². The van der Waals surface area contributed by atoms with Crippen molar-refractivity contribution in [3.8, 4) is 0 Å². The van der Waals surface area contributed by atoms with Crippen LogP contribution in [0.3, 0.4) is 0 Å². The summed E-state index contributed by atoms with van der Waals surface area (Å²) in [6.07, 6.45) is 7.10. The highest BCUT2D eigenvalue weighted by atomic mass is 16.5. The van der Waals surface area contributed by atoms with Crippen LogP contribution in [0.1, 0.15) is 45.4 Å². The lowest BCUT2D eigenvalue weighted by Gasteiger charge is -2.28. The molecular formula is C18H29N5O3. The van der Waals surface area contributed by atoms with Crippen LogP contribution < -0.4 is 16.1 Å². The Morgan fingerprint density at radius 2 is 1.77 bits per heavy atom. The Morgan fingerprint density at radius 1 is 1.08 bits per heavy atom. The maximum atomic E-state index is 12.5. The summed E-state index contributed by atoms with van der Waals surface area (Å²) in [5.41, 5.74) is 0.148. The number of morpholine rings is 1. The van der Waals surface area contributed by atoms with Crippen LogP contribution in [-0.2, 0) is 18.3 Å². The van der Waals surface area contributed by atoms with Crippen molar-refractivity contribution in [2.75, 3.05) is 31.2 Å². The number of fused-ring (bicyclic) bond motifs is 1. The molecule has 1 aliphatic rings. The van der Waals surface area contributed by atoms with Crippen LogP contribution in [0.15, 0.2) is 9.59 Å². The maximum absolute atomic E-state index is 12.5. The summed E-state index contributed by atoms with van der Waals surface area (Å²) in [6, 6.07) is 0. The van der Waals surface area contributed by atoms with E-state index in [0.717, 1.165) is 38.4 Å². The van der Waals surface area contributed by atoms with E-state index in [9.17, 15) is 9.59 Å². The minimum absolute atomic E-state index is 0.360. The number of anilines is 1. The predicted octanol–water partition coefficient (Wildman–Crippen LogP) is 1.62. The Balaban J connectivity index is 1.91. The number of H-pyrrole nitrogens is 1. The molecule has 1 saturated heterocycles. The summed E-state index contributed by atoms with van der Waals surface area (Å²) >= 11 is 0. The van der Waals surface area contributed by atoms with Crippen molar-refractivity contribution in [1.82, 2.24) is 19.1 Å². The van der Waals surface area contributed by atoms with Gasteiger partial charge in [-0.2, -0.15) is 4.98 Å². The third-order valence-electron chi connectivity index (χ3n) is 5.02. The van der Waals surface area contributed by atoms with E-state index >= 15 is 0 Å². The van der Waals surface area contributed by atoms with E-state index in [1.807, 2.05) is 4.57 Å². The van der Waals surface area contributed by atoms with E-state index in [2.05, 4.69) is 21.8 Å². The van der Waals surface area contributed by atoms with Crippen molar-refractivity contribution < 1.29 is 4.74 Å². The smallest absolute Gasteiger partial charge is 0.329 e. The quantitative estimate of drug-likeness (QED) is 0.721. The summed E-state index contributed by atoms with van der Waals surface area (Å²) in [4.78, 5) is 33.6. The highest BCUT2D eigenvalue weighted by Crippen LogP contribution is 2.21. The summed E-state index contributed by atoms with van der Waals surface area (Å²) in [7, 11) is 1.64. The first-order valence-electron chi connectivity index (χ1n) is 9.65. The number of imidazole rings is 1. The number of aryl methyl sites for hydroxylation is 2. The number of aromatic amines is 1. The zero-order valence-electron chi connectivity index (χ0n) is 15.8.